The number of amides is 1. The molecule has 3 aromatic rings. The molecule has 1 atom stereocenters. The van der Waals surface area contributed by atoms with Crippen molar-refractivity contribution in [3.8, 4) is 23.3 Å². The van der Waals surface area contributed by atoms with E-state index in [-0.39, 0.29) is 13.2 Å². The topological polar surface area (TPSA) is 143 Å². The summed E-state index contributed by atoms with van der Waals surface area (Å²) in [7, 11) is 0. The maximum absolute atomic E-state index is 12.8. The Morgan fingerprint density at radius 2 is 1.78 bits per heavy atom. The van der Waals surface area contributed by atoms with Gasteiger partial charge in [0.05, 0.1) is 42.7 Å². The number of carbonyl (C=O) groups is 2. The molecular weight excluding hydrogens is 594 g/mol. The Kier molecular flexibility index (Phi) is 11.5. The van der Waals surface area contributed by atoms with Gasteiger partial charge in [0.1, 0.15) is 12.4 Å². The Labute approximate surface area is 266 Å². The highest BCUT2D eigenvalue weighted by Gasteiger charge is 2.32. The van der Waals surface area contributed by atoms with E-state index in [1.807, 2.05) is 19.1 Å². The summed E-state index contributed by atoms with van der Waals surface area (Å²) in [5, 5.41) is 19.4. The number of para-hydroxylation sites is 1. The second kappa shape index (κ2) is 15.9. The summed E-state index contributed by atoms with van der Waals surface area (Å²) in [6, 6.07) is 21.0. The van der Waals surface area contributed by atoms with Crippen LogP contribution in [0.15, 0.2) is 83.1 Å². The van der Waals surface area contributed by atoms with Gasteiger partial charge in [-0.15, -0.1) is 0 Å². The highest BCUT2D eigenvalue weighted by Crippen LogP contribution is 2.33. The number of rotatable bonds is 13. The third-order valence-corrected chi connectivity index (χ3v) is 6.72. The third kappa shape index (κ3) is 8.81. The van der Waals surface area contributed by atoms with Gasteiger partial charge in [-0.05, 0) is 80.5 Å². The number of allylic oxidation sites excluding steroid dienone is 1. The fourth-order valence-electron chi connectivity index (χ4n) is 4.44. The van der Waals surface area contributed by atoms with Gasteiger partial charge in [-0.1, -0.05) is 30.3 Å². The predicted octanol–water partition coefficient (Wildman–Crippen LogP) is 4.42. The second-order valence-electron chi connectivity index (χ2n) is 9.65. The van der Waals surface area contributed by atoms with Crippen molar-refractivity contribution in [2.75, 3.05) is 19.8 Å². The number of hydrogen-bond donors (Lipinski definition) is 3. The van der Waals surface area contributed by atoms with Crippen LogP contribution in [0.3, 0.4) is 0 Å². The lowest BCUT2D eigenvalue weighted by Gasteiger charge is -2.30. The Morgan fingerprint density at radius 3 is 2.51 bits per heavy atom. The van der Waals surface area contributed by atoms with Crippen molar-refractivity contribution in [1.29, 1.82) is 5.26 Å². The molecule has 3 N–H and O–H groups in total. The average molecular weight is 628 g/mol. The number of thiocarbonyl (C=S) groups is 1. The fraction of sp³-hybridized carbons (Fsp3) is 0.242. The van der Waals surface area contributed by atoms with Gasteiger partial charge in [0.2, 0.25) is 0 Å². The van der Waals surface area contributed by atoms with Crippen LogP contribution in [0, 0.1) is 11.3 Å². The summed E-state index contributed by atoms with van der Waals surface area (Å²) in [4.78, 5) is 25.3. The minimum atomic E-state index is -0.634. The van der Waals surface area contributed by atoms with Crippen molar-refractivity contribution in [2.24, 2.45) is 5.10 Å². The van der Waals surface area contributed by atoms with E-state index < -0.39 is 17.9 Å². The fourth-order valence-corrected chi connectivity index (χ4v) is 4.71. The number of hydrazone groups is 1. The molecule has 0 radical (unpaired) electrons. The van der Waals surface area contributed by atoms with Crippen LogP contribution in [0.4, 0.5) is 0 Å². The highest BCUT2D eigenvalue weighted by atomic mass is 32.1. The molecule has 0 unspecified atom stereocenters. The third-order valence-electron chi connectivity index (χ3n) is 6.50. The van der Waals surface area contributed by atoms with Crippen molar-refractivity contribution in [1.82, 2.24) is 16.1 Å². The first-order valence-electron chi connectivity index (χ1n) is 14.2. The lowest BCUT2D eigenvalue weighted by atomic mass is 9.95. The van der Waals surface area contributed by atoms with E-state index in [9.17, 15) is 9.59 Å². The molecule has 11 nitrogen and oxygen atoms in total. The molecule has 4 rings (SSSR count). The monoisotopic (exact) mass is 627 g/mol. The molecule has 1 aliphatic rings. The average Bonchev–Trinajstić information content (AvgIpc) is 3.03. The Bertz CT molecular complexity index is 1650. The van der Waals surface area contributed by atoms with Crippen LogP contribution in [0.5, 0.6) is 17.2 Å². The smallest absolute Gasteiger partial charge is 0.338 e. The number of hydrogen-bond acceptors (Lipinski definition) is 9. The number of carbonyl (C=O) groups excluding carboxylic acids is 2. The maximum atomic E-state index is 12.8. The minimum Gasteiger partial charge on any atom is -0.490 e. The number of nitrogens with zero attached hydrogens (tertiary/aromatic N) is 2. The van der Waals surface area contributed by atoms with Gasteiger partial charge in [-0.2, -0.15) is 10.4 Å². The molecule has 3 aromatic carbocycles. The van der Waals surface area contributed by atoms with E-state index in [0.717, 1.165) is 5.56 Å². The van der Waals surface area contributed by atoms with Crippen molar-refractivity contribution in [3.05, 3.63) is 100 Å². The Hall–Kier alpha value is -5.41. The summed E-state index contributed by atoms with van der Waals surface area (Å²) in [5.41, 5.74) is 6.19. The van der Waals surface area contributed by atoms with E-state index in [2.05, 4.69) is 27.2 Å². The molecule has 0 saturated carbocycles. The Morgan fingerprint density at radius 1 is 1.00 bits per heavy atom. The summed E-state index contributed by atoms with van der Waals surface area (Å²) < 4.78 is 22.8. The van der Waals surface area contributed by atoms with Crippen LogP contribution >= 0.6 is 12.2 Å². The van der Waals surface area contributed by atoms with Crippen molar-refractivity contribution in [2.45, 2.75) is 33.4 Å². The lowest BCUT2D eigenvalue weighted by Crippen LogP contribution is -2.45. The van der Waals surface area contributed by atoms with Gasteiger partial charge in [-0.25, -0.2) is 10.2 Å². The molecule has 45 heavy (non-hydrogen) atoms. The normalized spacial score (nSPS) is 14.2. The Balaban J connectivity index is 1.37. The molecule has 0 bridgehead atoms. The minimum absolute atomic E-state index is 0.219. The first kappa shape index (κ1) is 32.5. The SMILES string of the molecule is CCOC(=O)C1=C(C)NC(=S)N[C@H]1c1ccccc1OCC(=O)NN=Cc1ccc(OCc2ccc(C#N)cc2)c(OCC)c1. The van der Waals surface area contributed by atoms with Gasteiger partial charge in [0, 0.05) is 11.3 Å². The predicted molar refractivity (Wildman–Crippen MR) is 172 cm³/mol. The zero-order chi connectivity index (χ0) is 32.2. The van der Waals surface area contributed by atoms with Crippen molar-refractivity contribution >= 4 is 35.4 Å². The molecular formula is C33H33N5O6S. The van der Waals surface area contributed by atoms with Gasteiger partial charge < -0.3 is 29.6 Å². The van der Waals surface area contributed by atoms with Gasteiger partial charge in [-0.3, -0.25) is 4.79 Å². The molecule has 0 aromatic heterocycles. The van der Waals surface area contributed by atoms with E-state index >= 15 is 0 Å². The summed E-state index contributed by atoms with van der Waals surface area (Å²) in [6.07, 6.45) is 1.48. The van der Waals surface area contributed by atoms with Crippen LogP contribution in [-0.4, -0.2) is 43.0 Å². The molecule has 1 amide bonds. The molecule has 0 aliphatic carbocycles. The van der Waals surface area contributed by atoms with E-state index in [0.29, 0.717) is 63.5 Å². The maximum Gasteiger partial charge on any atom is 0.338 e. The first-order valence-corrected chi connectivity index (χ1v) is 14.6. The quantitative estimate of drug-likeness (QED) is 0.108. The zero-order valence-corrected chi connectivity index (χ0v) is 25.9. The van der Waals surface area contributed by atoms with Gasteiger partial charge in [0.25, 0.3) is 5.91 Å². The van der Waals surface area contributed by atoms with Crippen molar-refractivity contribution in [3.63, 3.8) is 0 Å². The number of nitrogens with one attached hydrogen (secondary N) is 3. The summed E-state index contributed by atoms with van der Waals surface area (Å²) in [6.45, 7) is 5.98. The molecule has 0 saturated heterocycles. The number of nitriles is 1. The van der Waals surface area contributed by atoms with Crippen LogP contribution < -0.4 is 30.3 Å². The van der Waals surface area contributed by atoms with Crippen LogP contribution in [-0.2, 0) is 20.9 Å². The van der Waals surface area contributed by atoms with E-state index in [1.165, 1.54) is 6.21 Å². The van der Waals surface area contributed by atoms with Crippen LogP contribution in [0.25, 0.3) is 0 Å². The summed E-state index contributed by atoms with van der Waals surface area (Å²) >= 11 is 5.32. The standard InChI is InChI=1S/C33H33N5O6S/c1-4-41-28-16-24(14-15-27(28)43-19-23-12-10-22(17-34)11-13-23)18-35-38-29(39)20-44-26-9-7-6-8-25(26)31-30(32(40)42-5-2)21(3)36-33(45)37-31/h6-16,18,31H,4-5,19-20H2,1-3H3,(H,38,39)(H2,36,37,45)/t31-/m0/s1. The number of esters is 1. The molecule has 0 fully saturated rings. The van der Waals surface area contributed by atoms with Gasteiger partial charge in [0.15, 0.2) is 23.2 Å². The molecule has 1 heterocycles. The first-order chi connectivity index (χ1) is 21.8. The van der Waals surface area contributed by atoms with E-state index in [4.69, 9.17) is 36.4 Å². The lowest BCUT2D eigenvalue weighted by molar-refractivity contribution is -0.139. The largest absolute Gasteiger partial charge is 0.490 e. The molecule has 232 valence electrons. The molecule has 12 heteroatoms. The van der Waals surface area contributed by atoms with Gasteiger partial charge >= 0.3 is 5.97 Å². The molecule has 0 spiro atoms. The van der Waals surface area contributed by atoms with Crippen LogP contribution in [0.1, 0.15) is 49.1 Å². The highest BCUT2D eigenvalue weighted by molar-refractivity contribution is 7.80. The molecule has 1 aliphatic heterocycles. The van der Waals surface area contributed by atoms with Crippen LogP contribution in [0.2, 0.25) is 0 Å². The summed E-state index contributed by atoms with van der Waals surface area (Å²) in [5.74, 6) is 0.502. The van der Waals surface area contributed by atoms with E-state index in [1.54, 1.807) is 68.4 Å². The second-order valence-corrected chi connectivity index (χ2v) is 10.1. The number of ether oxygens (including phenoxy) is 4. The number of benzene rings is 3. The van der Waals surface area contributed by atoms with Crippen molar-refractivity contribution < 1.29 is 28.5 Å². The zero-order valence-electron chi connectivity index (χ0n) is 25.1.